The summed E-state index contributed by atoms with van der Waals surface area (Å²) >= 11 is 0. The minimum Gasteiger partial charge on any atom is -0.309 e. The Morgan fingerprint density at radius 3 is 2.26 bits per heavy atom. The van der Waals surface area contributed by atoms with Crippen LogP contribution in [-0.4, -0.2) is 4.57 Å². The molecule has 34 heavy (non-hydrogen) atoms. The second-order valence-corrected chi connectivity index (χ2v) is 10.1. The van der Waals surface area contributed by atoms with E-state index in [1.54, 1.807) is 0 Å². The third-order valence-corrected chi connectivity index (χ3v) is 8.43. The van der Waals surface area contributed by atoms with Crippen molar-refractivity contribution in [1.82, 2.24) is 4.57 Å². The normalized spacial score (nSPS) is 14.1. The van der Waals surface area contributed by atoms with Gasteiger partial charge in [0.15, 0.2) is 0 Å². The molecule has 0 amide bonds. The van der Waals surface area contributed by atoms with Gasteiger partial charge in [-0.25, -0.2) is 0 Å². The number of nitrogens with zero attached hydrogens (tertiary/aromatic N) is 1. The summed E-state index contributed by atoms with van der Waals surface area (Å²) in [5, 5.41) is 2.72. The molecule has 1 aromatic heterocycles. The van der Waals surface area contributed by atoms with E-state index in [0.29, 0.717) is 0 Å². The number of hydrogen-bond donors (Lipinski definition) is 0. The van der Waals surface area contributed by atoms with Crippen LogP contribution in [0.25, 0.3) is 49.7 Å². The summed E-state index contributed by atoms with van der Waals surface area (Å²) in [5.74, 6) is 0. The van der Waals surface area contributed by atoms with Crippen molar-refractivity contribution in [2.24, 2.45) is 0 Å². The van der Waals surface area contributed by atoms with Crippen molar-refractivity contribution >= 4 is 21.8 Å². The van der Waals surface area contributed by atoms with Crippen molar-refractivity contribution in [1.29, 1.82) is 0 Å². The number of fused-ring (bicyclic) bond motifs is 12. The highest BCUT2D eigenvalue weighted by atomic mass is 15.0. The fourth-order valence-corrected chi connectivity index (χ4v) is 7.04. The molecule has 9 rings (SSSR count). The Morgan fingerprint density at radius 2 is 1.26 bits per heavy atom. The van der Waals surface area contributed by atoms with Gasteiger partial charge in [0, 0.05) is 17.2 Å². The number of rotatable bonds is 0. The zero-order valence-electron chi connectivity index (χ0n) is 18.7. The number of benzene rings is 5. The van der Waals surface area contributed by atoms with E-state index >= 15 is 0 Å². The summed E-state index contributed by atoms with van der Waals surface area (Å²) in [6, 6.07) is 34.4. The summed E-state index contributed by atoms with van der Waals surface area (Å²) in [6.07, 6.45) is 3.09. The molecule has 0 N–H and O–H groups in total. The number of aromatic nitrogens is 1. The van der Waals surface area contributed by atoms with Gasteiger partial charge < -0.3 is 4.57 Å². The highest BCUT2D eigenvalue weighted by molar-refractivity contribution is 6.11. The Hall–Kier alpha value is -4.10. The Morgan fingerprint density at radius 1 is 0.500 bits per heavy atom. The quantitative estimate of drug-likeness (QED) is 0.231. The highest BCUT2D eigenvalue weighted by Gasteiger charge is 2.31. The molecule has 2 heterocycles. The number of para-hydroxylation sites is 2. The molecule has 0 atom stereocenters. The topological polar surface area (TPSA) is 4.93 Å². The summed E-state index contributed by atoms with van der Waals surface area (Å²) in [6.45, 7) is 0. The molecule has 0 saturated heterocycles. The molecule has 0 bridgehead atoms. The molecular formula is C33H21N. The average molecular weight is 432 g/mol. The first-order valence-corrected chi connectivity index (χ1v) is 12.3. The molecule has 1 nitrogen and oxygen atoms in total. The standard InChI is InChI=1S/C33H21N/c1-2-8-24-19(6-1)14-22-18-28-23(17-27(22)24)15-20-12-13-31-29(32(20)28)16-21-7-5-10-26-25-9-3-4-11-30(25)34(31)33(21)26/h1-13,17-18H,14-16H2. The van der Waals surface area contributed by atoms with Crippen LogP contribution in [0.1, 0.15) is 33.4 Å². The van der Waals surface area contributed by atoms with Crippen molar-refractivity contribution in [2.75, 3.05) is 0 Å². The maximum Gasteiger partial charge on any atom is 0.0576 e. The van der Waals surface area contributed by atoms with Crippen molar-refractivity contribution < 1.29 is 0 Å². The van der Waals surface area contributed by atoms with E-state index in [9.17, 15) is 0 Å². The lowest BCUT2D eigenvalue weighted by atomic mass is 9.89. The van der Waals surface area contributed by atoms with Crippen molar-refractivity contribution in [3.63, 3.8) is 0 Å². The Labute approximate surface area is 197 Å². The molecule has 0 saturated carbocycles. The first-order valence-electron chi connectivity index (χ1n) is 12.3. The van der Waals surface area contributed by atoms with E-state index in [0.717, 1.165) is 19.3 Å². The van der Waals surface area contributed by atoms with Crippen molar-refractivity contribution in [3.05, 3.63) is 124 Å². The lowest BCUT2D eigenvalue weighted by Gasteiger charge is -2.24. The smallest absolute Gasteiger partial charge is 0.0576 e. The lowest BCUT2D eigenvalue weighted by Crippen LogP contribution is -2.09. The van der Waals surface area contributed by atoms with Gasteiger partial charge in [-0.15, -0.1) is 0 Å². The van der Waals surface area contributed by atoms with Gasteiger partial charge in [0.05, 0.1) is 16.7 Å². The Bertz CT molecular complexity index is 1880. The fourth-order valence-electron chi connectivity index (χ4n) is 7.04. The summed E-state index contributed by atoms with van der Waals surface area (Å²) in [7, 11) is 0. The van der Waals surface area contributed by atoms with Crippen LogP contribution in [0, 0.1) is 0 Å². The minimum atomic E-state index is 1.00. The molecule has 158 valence electrons. The maximum absolute atomic E-state index is 2.53. The van der Waals surface area contributed by atoms with E-state index in [1.165, 1.54) is 83.1 Å². The molecule has 0 fully saturated rings. The largest absolute Gasteiger partial charge is 0.309 e. The predicted octanol–water partition coefficient (Wildman–Crippen LogP) is 7.83. The molecule has 1 aliphatic heterocycles. The van der Waals surface area contributed by atoms with E-state index in [1.807, 2.05) is 0 Å². The minimum absolute atomic E-state index is 1.00. The van der Waals surface area contributed by atoms with Gasteiger partial charge in [-0.3, -0.25) is 0 Å². The van der Waals surface area contributed by atoms with Crippen LogP contribution in [0.2, 0.25) is 0 Å². The molecular weight excluding hydrogens is 410 g/mol. The zero-order valence-corrected chi connectivity index (χ0v) is 18.7. The molecule has 6 aromatic rings. The van der Waals surface area contributed by atoms with Crippen molar-refractivity contribution in [2.45, 2.75) is 19.3 Å². The maximum atomic E-state index is 2.53. The van der Waals surface area contributed by atoms with E-state index in [2.05, 4.69) is 95.6 Å². The summed E-state index contributed by atoms with van der Waals surface area (Å²) in [4.78, 5) is 0. The predicted molar refractivity (Wildman–Crippen MR) is 140 cm³/mol. The Kier molecular flexibility index (Phi) is 3.00. The molecule has 1 heteroatoms. The summed E-state index contributed by atoms with van der Waals surface area (Å²) < 4.78 is 2.53. The van der Waals surface area contributed by atoms with Crippen LogP contribution in [0.4, 0.5) is 0 Å². The van der Waals surface area contributed by atoms with Gasteiger partial charge in [0.2, 0.25) is 0 Å². The highest BCUT2D eigenvalue weighted by Crippen LogP contribution is 2.49. The Balaban J connectivity index is 1.33. The molecule has 2 aliphatic carbocycles. The van der Waals surface area contributed by atoms with Gasteiger partial charge in [-0.1, -0.05) is 66.7 Å². The SMILES string of the molecule is c1ccc2c(c1)Cc1cc3c(cc1-2)Cc1ccc2c(c1-3)Cc1cccc3c4ccccc4n-2c13. The van der Waals surface area contributed by atoms with E-state index < -0.39 is 0 Å². The monoisotopic (exact) mass is 431 g/mol. The summed E-state index contributed by atoms with van der Waals surface area (Å²) in [5.41, 5.74) is 18.7. The van der Waals surface area contributed by atoms with E-state index in [-0.39, 0.29) is 0 Å². The number of hydrogen-bond acceptors (Lipinski definition) is 0. The van der Waals surface area contributed by atoms with Crippen LogP contribution >= 0.6 is 0 Å². The van der Waals surface area contributed by atoms with Crippen LogP contribution in [0.5, 0.6) is 0 Å². The van der Waals surface area contributed by atoms with Crippen molar-refractivity contribution in [3.8, 4) is 27.9 Å². The first-order chi connectivity index (χ1) is 16.8. The van der Waals surface area contributed by atoms with Crippen LogP contribution in [0.15, 0.2) is 91.0 Å². The molecule has 3 aliphatic rings. The van der Waals surface area contributed by atoms with Gasteiger partial charge in [0.1, 0.15) is 0 Å². The van der Waals surface area contributed by atoms with Gasteiger partial charge in [0.25, 0.3) is 0 Å². The van der Waals surface area contributed by atoms with Gasteiger partial charge in [-0.05, 0) is 92.7 Å². The third kappa shape index (κ3) is 1.98. The first kappa shape index (κ1) is 17.4. The molecule has 0 radical (unpaired) electrons. The second kappa shape index (κ2) is 5.87. The van der Waals surface area contributed by atoms with Gasteiger partial charge >= 0.3 is 0 Å². The fraction of sp³-hybridized carbons (Fsp3) is 0.0909. The van der Waals surface area contributed by atoms with Crippen LogP contribution in [0.3, 0.4) is 0 Å². The average Bonchev–Trinajstić information content (AvgIpc) is 3.53. The molecule has 0 spiro atoms. The van der Waals surface area contributed by atoms with E-state index in [4.69, 9.17) is 0 Å². The second-order valence-electron chi connectivity index (χ2n) is 10.1. The van der Waals surface area contributed by atoms with Crippen LogP contribution < -0.4 is 0 Å². The zero-order chi connectivity index (χ0) is 22.0. The van der Waals surface area contributed by atoms with Crippen LogP contribution in [-0.2, 0) is 19.3 Å². The molecule has 0 unspecified atom stereocenters. The third-order valence-electron chi connectivity index (χ3n) is 8.43. The van der Waals surface area contributed by atoms with Gasteiger partial charge in [-0.2, -0.15) is 0 Å². The molecule has 5 aromatic carbocycles. The lowest BCUT2D eigenvalue weighted by molar-refractivity contribution is 1.04.